The van der Waals surface area contributed by atoms with Crippen LogP contribution in [0.1, 0.15) is 51.2 Å². The zero-order chi connectivity index (χ0) is 23.1. The van der Waals surface area contributed by atoms with E-state index < -0.39 is 10.0 Å². The summed E-state index contributed by atoms with van der Waals surface area (Å²) >= 11 is 0. The van der Waals surface area contributed by atoms with Crippen molar-refractivity contribution in [1.29, 1.82) is 0 Å². The molecule has 0 unspecified atom stereocenters. The third-order valence-corrected chi connectivity index (χ3v) is 6.75. The van der Waals surface area contributed by atoms with E-state index in [1.54, 1.807) is 6.20 Å². The summed E-state index contributed by atoms with van der Waals surface area (Å²) in [6, 6.07) is 4.09. The van der Waals surface area contributed by atoms with E-state index in [-0.39, 0.29) is 17.2 Å². The average molecular weight is 455 g/mol. The van der Waals surface area contributed by atoms with Crippen LogP contribution in [-0.2, 0) is 20.2 Å². The number of fused-ring (bicyclic) bond motifs is 1. The normalized spacial score (nSPS) is 18.3. The molecule has 8 heteroatoms. The van der Waals surface area contributed by atoms with Gasteiger partial charge in [0.25, 0.3) is 0 Å². The highest BCUT2D eigenvalue weighted by atomic mass is 32.2. The molecular weight excluding hydrogens is 424 g/mol. The number of piperidine rings is 1. The number of benzene rings is 1. The van der Waals surface area contributed by atoms with Crippen LogP contribution in [0.3, 0.4) is 0 Å². The fourth-order valence-corrected chi connectivity index (χ4v) is 5.06. The number of rotatable bonds is 4. The van der Waals surface area contributed by atoms with Crippen LogP contribution in [0.15, 0.2) is 36.6 Å². The van der Waals surface area contributed by atoms with Gasteiger partial charge < -0.3 is 4.90 Å². The average Bonchev–Trinajstić information content (AvgIpc) is 2.72. The molecule has 4 rings (SSSR count). The molecule has 1 N–H and O–H groups in total. The van der Waals surface area contributed by atoms with E-state index in [0.717, 1.165) is 28.0 Å². The van der Waals surface area contributed by atoms with Crippen LogP contribution in [0.5, 0.6) is 0 Å². The number of nitrogens with zero attached hydrogens (tertiary/aromatic N) is 3. The van der Waals surface area contributed by atoms with Gasteiger partial charge in [0.1, 0.15) is 5.82 Å². The van der Waals surface area contributed by atoms with Crippen molar-refractivity contribution in [2.75, 3.05) is 24.2 Å². The topological polar surface area (TPSA) is 92.3 Å². The molecule has 1 aromatic carbocycles. The van der Waals surface area contributed by atoms with Gasteiger partial charge in [-0.25, -0.2) is 18.1 Å². The molecule has 0 spiro atoms. The van der Waals surface area contributed by atoms with Crippen LogP contribution >= 0.6 is 0 Å². The van der Waals surface area contributed by atoms with Gasteiger partial charge in [0.2, 0.25) is 10.0 Å². The number of ketones is 1. The van der Waals surface area contributed by atoms with Gasteiger partial charge in [-0.2, -0.15) is 0 Å². The molecule has 0 amide bonds. The number of nitrogens with one attached hydrogen (secondary N) is 1. The lowest BCUT2D eigenvalue weighted by Crippen LogP contribution is -2.44. The number of sulfonamides is 1. The minimum atomic E-state index is -3.21. The first-order valence-electron chi connectivity index (χ1n) is 11.0. The Labute approximate surface area is 189 Å². The maximum absolute atomic E-state index is 12.6. The quantitative estimate of drug-likeness (QED) is 0.762. The third-order valence-electron chi connectivity index (χ3n) is 5.99. The maximum Gasteiger partial charge on any atom is 0.208 e. The Morgan fingerprint density at radius 1 is 1.16 bits per heavy atom. The fourth-order valence-electron chi connectivity index (χ4n) is 4.22. The zero-order valence-corrected chi connectivity index (χ0v) is 19.9. The fraction of sp³-hybridized carbons (Fsp3) is 0.458. The molecule has 1 aromatic heterocycles. The van der Waals surface area contributed by atoms with E-state index in [2.05, 4.69) is 42.5 Å². The van der Waals surface area contributed by atoms with Gasteiger partial charge in [0, 0.05) is 36.7 Å². The van der Waals surface area contributed by atoms with Gasteiger partial charge >= 0.3 is 0 Å². The highest BCUT2D eigenvalue weighted by Crippen LogP contribution is 2.33. The van der Waals surface area contributed by atoms with Crippen LogP contribution in [0, 0.1) is 0 Å². The first-order chi connectivity index (χ1) is 15.0. The molecule has 0 atom stereocenters. The van der Waals surface area contributed by atoms with Crippen molar-refractivity contribution >= 4 is 38.2 Å². The minimum absolute atomic E-state index is 0.0499. The number of aromatic nitrogens is 2. The van der Waals surface area contributed by atoms with Crippen molar-refractivity contribution in [3.63, 3.8) is 0 Å². The number of carbonyl (C=O) groups is 1. The molecule has 2 heterocycles. The monoisotopic (exact) mass is 454 g/mol. The van der Waals surface area contributed by atoms with E-state index in [4.69, 9.17) is 9.97 Å². The number of hydrogen-bond acceptors (Lipinski definition) is 6. The van der Waals surface area contributed by atoms with E-state index in [1.807, 2.05) is 18.2 Å². The molecule has 1 aliphatic carbocycles. The van der Waals surface area contributed by atoms with Gasteiger partial charge in [-0.1, -0.05) is 39.0 Å². The molecule has 0 radical (unpaired) electrons. The Hall–Kier alpha value is -2.58. The molecule has 1 saturated heterocycles. The van der Waals surface area contributed by atoms with Crippen molar-refractivity contribution in [2.45, 2.75) is 51.5 Å². The largest absolute Gasteiger partial charge is 0.355 e. The summed E-state index contributed by atoms with van der Waals surface area (Å²) in [7, 11) is -3.21. The molecule has 1 aliphatic heterocycles. The van der Waals surface area contributed by atoms with Gasteiger partial charge in [0.05, 0.1) is 23.5 Å². The Kier molecular flexibility index (Phi) is 5.94. The van der Waals surface area contributed by atoms with Gasteiger partial charge in [0.15, 0.2) is 5.78 Å². The molecule has 1 fully saturated rings. The van der Waals surface area contributed by atoms with E-state index in [1.165, 1.54) is 6.26 Å². The van der Waals surface area contributed by atoms with Crippen LogP contribution in [-0.4, -0.2) is 49.6 Å². The van der Waals surface area contributed by atoms with Crippen molar-refractivity contribution in [3.8, 4) is 0 Å². The highest BCUT2D eigenvalue weighted by Gasteiger charge is 2.25. The summed E-state index contributed by atoms with van der Waals surface area (Å²) < 4.78 is 25.7. The summed E-state index contributed by atoms with van der Waals surface area (Å²) in [4.78, 5) is 24.4. The highest BCUT2D eigenvalue weighted by molar-refractivity contribution is 7.88. The third kappa shape index (κ3) is 4.91. The van der Waals surface area contributed by atoms with Gasteiger partial charge in [-0.05, 0) is 36.0 Å². The second kappa shape index (κ2) is 8.41. The standard InChI is InChI=1S/C24H30N4O3S/c1-24(2,3)16-13-19(18-7-5-6-8-21(18)29)23-20(14-16)26-22(15-25-23)28-11-9-17(10-12-28)27-32(4,30)31/h5-7,13-15,17,27H,8-12H2,1-4H3. The zero-order valence-electron chi connectivity index (χ0n) is 19.1. The second-order valence-electron chi connectivity index (χ2n) is 9.66. The lowest BCUT2D eigenvalue weighted by atomic mass is 9.83. The summed E-state index contributed by atoms with van der Waals surface area (Å²) in [5, 5.41) is 0. The molecular formula is C24H30N4O3S. The molecule has 2 aliphatic rings. The van der Waals surface area contributed by atoms with Crippen LogP contribution in [0.4, 0.5) is 5.82 Å². The summed E-state index contributed by atoms with van der Waals surface area (Å²) in [6.45, 7) is 7.84. The second-order valence-corrected chi connectivity index (χ2v) is 11.4. The molecule has 170 valence electrons. The maximum atomic E-state index is 12.6. The van der Waals surface area contributed by atoms with Gasteiger partial charge in [-0.3, -0.25) is 9.78 Å². The predicted molar refractivity (Wildman–Crippen MR) is 128 cm³/mol. The van der Waals surface area contributed by atoms with Crippen LogP contribution in [0.25, 0.3) is 16.6 Å². The number of allylic oxidation sites excluding steroid dienone is 4. The smallest absolute Gasteiger partial charge is 0.208 e. The van der Waals surface area contributed by atoms with Crippen molar-refractivity contribution in [2.24, 2.45) is 0 Å². The summed E-state index contributed by atoms with van der Waals surface area (Å²) in [5.74, 6) is 0.863. The lowest BCUT2D eigenvalue weighted by molar-refractivity contribution is -0.113. The van der Waals surface area contributed by atoms with E-state index >= 15 is 0 Å². The number of anilines is 1. The Morgan fingerprint density at radius 2 is 1.88 bits per heavy atom. The molecule has 0 bridgehead atoms. The molecule has 0 saturated carbocycles. The van der Waals surface area contributed by atoms with E-state index in [0.29, 0.717) is 37.9 Å². The number of hydrogen-bond donors (Lipinski definition) is 1. The lowest BCUT2D eigenvalue weighted by Gasteiger charge is -2.32. The first-order valence-corrected chi connectivity index (χ1v) is 12.8. The SMILES string of the molecule is CC(C)(C)c1cc(C2=CC=CCC2=O)c2ncc(N3CCC(NS(C)(=O)=O)CC3)nc2c1. The molecule has 32 heavy (non-hydrogen) atoms. The Morgan fingerprint density at radius 3 is 2.50 bits per heavy atom. The van der Waals surface area contributed by atoms with Crippen molar-refractivity contribution in [3.05, 3.63) is 47.7 Å². The first kappa shape index (κ1) is 22.6. The number of Topliss-reactive ketones (excluding diaryl/α,β-unsaturated/α-hetero) is 1. The summed E-state index contributed by atoms with van der Waals surface area (Å²) in [6.07, 6.45) is 10.4. The Balaban J connectivity index is 1.70. The van der Waals surface area contributed by atoms with Gasteiger partial charge in [-0.15, -0.1) is 0 Å². The molecule has 2 aromatic rings. The Bertz CT molecular complexity index is 1220. The number of carbonyl (C=O) groups excluding carboxylic acids is 1. The van der Waals surface area contributed by atoms with Crippen molar-refractivity contribution in [1.82, 2.24) is 14.7 Å². The summed E-state index contributed by atoms with van der Waals surface area (Å²) in [5.41, 5.74) is 4.00. The van der Waals surface area contributed by atoms with Crippen LogP contribution < -0.4 is 9.62 Å². The molecule has 7 nitrogen and oxygen atoms in total. The van der Waals surface area contributed by atoms with Crippen LogP contribution in [0.2, 0.25) is 0 Å². The predicted octanol–water partition coefficient (Wildman–Crippen LogP) is 3.36. The minimum Gasteiger partial charge on any atom is -0.355 e. The van der Waals surface area contributed by atoms with Crippen molar-refractivity contribution < 1.29 is 13.2 Å². The van der Waals surface area contributed by atoms with E-state index in [9.17, 15) is 13.2 Å².